The minimum Gasteiger partial charge on any atom is -0.479 e. The average Bonchev–Trinajstić information content (AvgIpc) is 2.38. The van der Waals surface area contributed by atoms with E-state index in [0.717, 1.165) is 48.9 Å². The van der Waals surface area contributed by atoms with E-state index in [1.54, 1.807) is 0 Å². The standard InChI is InChI=1S/C13H17N3O2/c1-9-6-10-13(18-8-12(17)15-10)11(7-9)16-4-2-14-3-5-16/h6-7,14H,2-5,8H2,1H3,(H,15,17). The lowest BCUT2D eigenvalue weighted by Gasteiger charge is -2.32. The van der Waals surface area contributed by atoms with E-state index in [1.165, 1.54) is 0 Å². The number of rotatable bonds is 1. The van der Waals surface area contributed by atoms with Gasteiger partial charge in [0, 0.05) is 26.2 Å². The molecule has 3 rings (SSSR count). The first-order valence-electron chi connectivity index (χ1n) is 6.27. The zero-order valence-corrected chi connectivity index (χ0v) is 10.5. The summed E-state index contributed by atoms with van der Waals surface area (Å²) in [5.74, 6) is 0.724. The van der Waals surface area contributed by atoms with Gasteiger partial charge in [-0.3, -0.25) is 4.79 Å². The molecule has 2 aliphatic rings. The highest BCUT2D eigenvalue weighted by molar-refractivity contribution is 5.97. The molecule has 2 N–H and O–H groups in total. The number of anilines is 2. The topological polar surface area (TPSA) is 53.6 Å². The zero-order valence-electron chi connectivity index (χ0n) is 10.5. The average molecular weight is 247 g/mol. The fourth-order valence-corrected chi connectivity index (χ4v) is 2.46. The van der Waals surface area contributed by atoms with Crippen LogP contribution in [0, 0.1) is 6.92 Å². The van der Waals surface area contributed by atoms with Crippen molar-refractivity contribution in [3.05, 3.63) is 17.7 Å². The second-order valence-corrected chi connectivity index (χ2v) is 4.73. The zero-order chi connectivity index (χ0) is 12.5. The number of benzene rings is 1. The Labute approximate surface area is 106 Å². The highest BCUT2D eigenvalue weighted by Crippen LogP contribution is 2.39. The van der Waals surface area contributed by atoms with Crippen LogP contribution in [-0.4, -0.2) is 38.7 Å². The summed E-state index contributed by atoms with van der Waals surface area (Å²) >= 11 is 0. The molecule has 1 saturated heterocycles. The van der Waals surface area contributed by atoms with Crippen LogP contribution in [0.4, 0.5) is 11.4 Å². The van der Waals surface area contributed by atoms with E-state index in [1.807, 2.05) is 13.0 Å². The van der Waals surface area contributed by atoms with E-state index in [0.29, 0.717) is 0 Å². The number of fused-ring (bicyclic) bond motifs is 1. The van der Waals surface area contributed by atoms with Crippen molar-refractivity contribution in [2.24, 2.45) is 0 Å². The van der Waals surface area contributed by atoms with E-state index in [4.69, 9.17) is 4.74 Å². The van der Waals surface area contributed by atoms with Crippen LogP contribution in [0.1, 0.15) is 5.56 Å². The van der Waals surface area contributed by atoms with E-state index in [9.17, 15) is 4.79 Å². The van der Waals surface area contributed by atoms with Crippen molar-refractivity contribution in [2.45, 2.75) is 6.92 Å². The Bertz CT molecular complexity index is 481. The second-order valence-electron chi connectivity index (χ2n) is 4.73. The number of nitrogens with one attached hydrogen (secondary N) is 2. The number of carbonyl (C=O) groups is 1. The Morgan fingerprint density at radius 3 is 2.83 bits per heavy atom. The lowest BCUT2D eigenvalue weighted by Crippen LogP contribution is -2.44. The molecule has 2 heterocycles. The summed E-state index contributed by atoms with van der Waals surface area (Å²) in [5.41, 5.74) is 3.01. The molecule has 2 aliphatic heterocycles. The van der Waals surface area contributed by atoms with Gasteiger partial charge >= 0.3 is 0 Å². The fraction of sp³-hybridized carbons (Fsp3) is 0.462. The highest BCUT2D eigenvalue weighted by Gasteiger charge is 2.23. The molecule has 5 nitrogen and oxygen atoms in total. The van der Waals surface area contributed by atoms with Gasteiger partial charge in [0.25, 0.3) is 5.91 Å². The third kappa shape index (κ3) is 2.01. The molecule has 1 aromatic carbocycles. The number of nitrogens with zero attached hydrogens (tertiary/aromatic N) is 1. The maximum absolute atomic E-state index is 11.4. The molecule has 96 valence electrons. The monoisotopic (exact) mass is 247 g/mol. The second kappa shape index (κ2) is 4.49. The number of hydrogen-bond acceptors (Lipinski definition) is 4. The van der Waals surface area contributed by atoms with Crippen molar-refractivity contribution >= 4 is 17.3 Å². The summed E-state index contributed by atoms with van der Waals surface area (Å²) in [6.45, 7) is 6.03. The Morgan fingerprint density at radius 2 is 2.06 bits per heavy atom. The van der Waals surface area contributed by atoms with Crippen LogP contribution >= 0.6 is 0 Å². The van der Waals surface area contributed by atoms with E-state index >= 15 is 0 Å². The number of ether oxygens (including phenoxy) is 1. The first-order chi connectivity index (χ1) is 8.74. The lowest BCUT2D eigenvalue weighted by atomic mass is 10.1. The maximum Gasteiger partial charge on any atom is 0.262 e. The Balaban J connectivity index is 2.00. The SMILES string of the molecule is Cc1cc2c(c(N3CCNCC3)c1)OCC(=O)N2. The third-order valence-corrected chi connectivity index (χ3v) is 3.29. The molecule has 1 amide bonds. The predicted molar refractivity (Wildman–Crippen MR) is 70.4 cm³/mol. The molecule has 0 atom stereocenters. The molecular weight excluding hydrogens is 230 g/mol. The van der Waals surface area contributed by atoms with Gasteiger partial charge in [-0.1, -0.05) is 0 Å². The van der Waals surface area contributed by atoms with Crippen molar-refractivity contribution in [3.63, 3.8) is 0 Å². The summed E-state index contributed by atoms with van der Waals surface area (Å²) in [4.78, 5) is 13.7. The molecule has 5 heteroatoms. The number of amides is 1. The van der Waals surface area contributed by atoms with Gasteiger partial charge in [0.15, 0.2) is 12.4 Å². The Hall–Kier alpha value is -1.75. The summed E-state index contributed by atoms with van der Waals surface area (Å²) in [5, 5.41) is 6.21. The highest BCUT2D eigenvalue weighted by atomic mass is 16.5. The lowest BCUT2D eigenvalue weighted by molar-refractivity contribution is -0.118. The van der Waals surface area contributed by atoms with E-state index < -0.39 is 0 Å². The van der Waals surface area contributed by atoms with Crippen molar-refractivity contribution in [2.75, 3.05) is 43.0 Å². The smallest absolute Gasteiger partial charge is 0.262 e. The van der Waals surface area contributed by atoms with Gasteiger partial charge in [-0.05, 0) is 24.6 Å². The van der Waals surface area contributed by atoms with E-state index in [-0.39, 0.29) is 12.5 Å². The molecule has 1 fully saturated rings. The first-order valence-corrected chi connectivity index (χ1v) is 6.27. The summed E-state index contributed by atoms with van der Waals surface area (Å²) in [7, 11) is 0. The summed E-state index contributed by atoms with van der Waals surface area (Å²) in [6, 6.07) is 4.08. The number of aryl methyl sites for hydroxylation is 1. The predicted octanol–water partition coefficient (Wildman–Crippen LogP) is 0.736. The fourth-order valence-electron chi connectivity index (χ4n) is 2.46. The molecule has 0 aliphatic carbocycles. The van der Waals surface area contributed by atoms with Crippen LogP contribution in [-0.2, 0) is 4.79 Å². The molecule has 18 heavy (non-hydrogen) atoms. The minimum absolute atomic E-state index is 0.0839. The van der Waals surface area contributed by atoms with Gasteiger partial charge in [0.05, 0.1) is 11.4 Å². The Morgan fingerprint density at radius 1 is 1.28 bits per heavy atom. The summed E-state index contributed by atoms with van der Waals surface area (Å²) in [6.07, 6.45) is 0. The van der Waals surface area contributed by atoms with Crippen molar-refractivity contribution < 1.29 is 9.53 Å². The van der Waals surface area contributed by atoms with Crippen LogP contribution < -0.4 is 20.3 Å². The van der Waals surface area contributed by atoms with Gasteiger partial charge in [0.2, 0.25) is 0 Å². The first kappa shape index (κ1) is 11.3. The van der Waals surface area contributed by atoms with Crippen molar-refractivity contribution in [1.82, 2.24) is 5.32 Å². The number of carbonyl (C=O) groups excluding carboxylic acids is 1. The molecule has 0 unspecified atom stereocenters. The molecule has 0 saturated carbocycles. The Kier molecular flexibility index (Phi) is 2.83. The third-order valence-electron chi connectivity index (χ3n) is 3.29. The molecular formula is C13H17N3O2. The van der Waals surface area contributed by atoms with Crippen LogP contribution in [0.25, 0.3) is 0 Å². The minimum atomic E-state index is -0.0839. The normalized spacial score (nSPS) is 18.9. The van der Waals surface area contributed by atoms with Crippen LogP contribution in [0.2, 0.25) is 0 Å². The molecule has 1 aromatic rings. The largest absolute Gasteiger partial charge is 0.479 e. The number of piperazine rings is 1. The molecule has 0 spiro atoms. The van der Waals surface area contributed by atoms with Gasteiger partial charge in [0.1, 0.15) is 0 Å². The molecule has 0 bridgehead atoms. The maximum atomic E-state index is 11.4. The summed E-state index contributed by atoms with van der Waals surface area (Å²) < 4.78 is 5.60. The van der Waals surface area contributed by atoms with Crippen LogP contribution in [0.3, 0.4) is 0 Å². The van der Waals surface area contributed by atoms with Gasteiger partial charge in [-0.25, -0.2) is 0 Å². The van der Waals surface area contributed by atoms with Gasteiger partial charge in [-0.15, -0.1) is 0 Å². The number of hydrogen-bond donors (Lipinski definition) is 2. The van der Waals surface area contributed by atoms with Crippen molar-refractivity contribution in [1.29, 1.82) is 0 Å². The van der Waals surface area contributed by atoms with Gasteiger partial charge in [-0.2, -0.15) is 0 Å². The quantitative estimate of drug-likeness (QED) is 0.768. The molecule has 0 radical (unpaired) electrons. The van der Waals surface area contributed by atoms with Crippen LogP contribution in [0.15, 0.2) is 12.1 Å². The van der Waals surface area contributed by atoms with Gasteiger partial charge < -0.3 is 20.3 Å². The van der Waals surface area contributed by atoms with E-state index in [2.05, 4.69) is 21.6 Å². The van der Waals surface area contributed by atoms with Crippen molar-refractivity contribution in [3.8, 4) is 5.75 Å². The van der Waals surface area contributed by atoms with Crippen LogP contribution in [0.5, 0.6) is 5.75 Å². The molecule has 0 aromatic heterocycles.